The third kappa shape index (κ3) is 4.77. The van der Waals surface area contributed by atoms with Crippen LogP contribution in [0.2, 0.25) is 0 Å². The van der Waals surface area contributed by atoms with E-state index < -0.39 is 35.8 Å². The lowest BCUT2D eigenvalue weighted by Crippen LogP contribution is -2.24. The molecular formula is C4H6O7S. The van der Waals surface area contributed by atoms with Crippen molar-refractivity contribution < 1.29 is 32.7 Å². The highest BCUT2D eigenvalue weighted by atomic mass is 32.2. The topological polar surface area (TPSA) is 121 Å². The van der Waals surface area contributed by atoms with Gasteiger partial charge in [0.1, 0.15) is 0 Å². The van der Waals surface area contributed by atoms with Gasteiger partial charge in [-0.15, -0.1) is 0 Å². The maximum absolute atomic E-state index is 10.4. The summed E-state index contributed by atoms with van der Waals surface area (Å²) in [6.07, 6.45) is -2.78. The highest BCUT2D eigenvalue weighted by Gasteiger charge is 2.19. The van der Waals surface area contributed by atoms with E-state index in [1.807, 2.05) is 0 Å². The van der Waals surface area contributed by atoms with Crippen LogP contribution in [0.5, 0.6) is 0 Å². The van der Waals surface area contributed by atoms with Gasteiger partial charge in [-0.25, -0.2) is 4.79 Å². The van der Waals surface area contributed by atoms with Gasteiger partial charge in [0.2, 0.25) is 0 Å². The molecule has 0 aliphatic rings. The van der Waals surface area contributed by atoms with Crippen LogP contribution in [0.3, 0.4) is 0 Å². The third-order valence-electron chi connectivity index (χ3n) is 0.809. The van der Waals surface area contributed by atoms with Crippen molar-refractivity contribution in [1.82, 2.24) is 0 Å². The number of rotatable bonds is 4. The Morgan fingerprint density at radius 1 is 1.50 bits per heavy atom. The molecule has 0 amide bonds. The van der Waals surface area contributed by atoms with Gasteiger partial charge in [0.05, 0.1) is 6.42 Å². The molecule has 0 bridgehead atoms. The first-order valence-electron chi connectivity index (χ1n) is 2.66. The lowest BCUT2D eigenvalue weighted by atomic mass is 10.3. The second kappa shape index (κ2) is 4.80. The van der Waals surface area contributed by atoms with Gasteiger partial charge in [-0.2, -0.15) is 4.21 Å². The van der Waals surface area contributed by atoms with Crippen molar-refractivity contribution in [2.45, 2.75) is 12.5 Å². The standard InChI is InChI=1S/C4H6O7S/c5-2(4(7)8)1-3(6)11-12(9)10/h2,5H,1H2,(H,7,8)(H,9,10). The zero-order valence-electron chi connectivity index (χ0n) is 5.67. The van der Waals surface area contributed by atoms with Crippen LogP contribution < -0.4 is 0 Å². The summed E-state index contributed by atoms with van der Waals surface area (Å²) in [6.45, 7) is 0. The first-order chi connectivity index (χ1) is 5.43. The van der Waals surface area contributed by atoms with E-state index >= 15 is 0 Å². The average molecular weight is 198 g/mol. The predicted octanol–water partition coefficient (Wildman–Crippen LogP) is -1.50. The summed E-state index contributed by atoms with van der Waals surface area (Å²) in [5, 5.41) is 16.6. The monoisotopic (exact) mass is 198 g/mol. The van der Waals surface area contributed by atoms with Crippen LogP contribution in [0.4, 0.5) is 0 Å². The average Bonchev–Trinajstić information content (AvgIpc) is 1.84. The number of aliphatic carboxylic acids is 1. The molecule has 0 heterocycles. The summed E-state index contributed by atoms with van der Waals surface area (Å²) < 4.78 is 21.4. The van der Waals surface area contributed by atoms with Gasteiger partial charge in [-0.3, -0.25) is 9.35 Å². The zero-order chi connectivity index (χ0) is 9.72. The van der Waals surface area contributed by atoms with Crippen molar-refractivity contribution in [3.05, 3.63) is 0 Å². The van der Waals surface area contributed by atoms with E-state index in [2.05, 4.69) is 4.18 Å². The lowest BCUT2D eigenvalue weighted by Gasteiger charge is -2.01. The number of carboxylic acids is 1. The molecule has 12 heavy (non-hydrogen) atoms. The quantitative estimate of drug-likeness (QED) is 0.470. The van der Waals surface area contributed by atoms with Crippen LogP contribution in [0, 0.1) is 0 Å². The van der Waals surface area contributed by atoms with Crippen LogP contribution in [-0.4, -0.2) is 37.0 Å². The van der Waals surface area contributed by atoms with E-state index in [0.717, 1.165) is 0 Å². The Labute approximate surface area is 69.4 Å². The normalized spacial score (nSPS) is 14.8. The van der Waals surface area contributed by atoms with Crippen molar-refractivity contribution in [1.29, 1.82) is 0 Å². The molecule has 0 aromatic rings. The molecule has 0 rings (SSSR count). The summed E-state index contributed by atoms with van der Waals surface area (Å²) in [4.78, 5) is 20.3. The summed E-state index contributed by atoms with van der Waals surface area (Å²) >= 11 is -2.78. The van der Waals surface area contributed by atoms with E-state index in [1.165, 1.54) is 0 Å². The van der Waals surface area contributed by atoms with Gasteiger partial charge in [0, 0.05) is 0 Å². The van der Waals surface area contributed by atoms with Gasteiger partial charge in [-0.05, 0) is 0 Å². The fraction of sp³-hybridized carbons (Fsp3) is 0.500. The molecule has 8 heteroatoms. The molecule has 2 unspecified atom stereocenters. The first kappa shape index (κ1) is 11.0. The number of hydrogen-bond acceptors (Lipinski definition) is 5. The van der Waals surface area contributed by atoms with Gasteiger partial charge in [0.25, 0.3) is 0 Å². The molecule has 0 aliphatic heterocycles. The number of carbonyl (C=O) groups is 2. The molecular weight excluding hydrogens is 192 g/mol. The van der Waals surface area contributed by atoms with E-state index in [4.69, 9.17) is 14.8 Å². The largest absolute Gasteiger partial charge is 0.479 e. The molecule has 0 radical (unpaired) electrons. The van der Waals surface area contributed by atoms with Crippen LogP contribution >= 0.6 is 0 Å². The summed E-state index contributed by atoms with van der Waals surface area (Å²) in [6, 6.07) is 0. The Hall–Kier alpha value is -0.990. The van der Waals surface area contributed by atoms with Crippen LogP contribution in [-0.2, 0) is 25.1 Å². The highest BCUT2D eigenvalue weighted by molar-refractivity contribution is 7.74. The Balaban J connectivity index is 3.85. The van der Waals surface area contributed by atoms with Gasteiger partial charge >= 0.3 is 23.3 Å². The van der Waals surface area contributed by atoms with Crippen LogP contribution in [0.25, 0.3) is 0 Å². The Morgan fingerprint density at radius 3 is 2.33 bits per heavy atom. The second-order valence-corrected chi connectivity index (χ2v) is 2.33. The van der Waals surface area contributed by atoms with E-state index in [-0.39, 0.29) is 0 Å². The lowest BCUT2D eigenvalue weighted by molar-refractivity contribution is -0.151. The number of carbonyl (C=O) groups excluding carboxylic acids is 1. The fourth-order valence-electron chi connectivity index (χ4n) is 0.359. The van der Waals surface area contributed by atoms with Gasteiger partial charge in [-0.1, -0.05) is 0 Å². The molecule has 0 aliphatic carbocycles. The van der Waals surface area contributed by atoms with Gasteiger partial charge < -0.3 is 14.4 Å². The van der Waals surface area contributed by atoms with Crippen LogP contribution in [0.15, 0.2) is 0 Å². The molecule has 0 fully saturated rings. The minimum Gasteiger partial charge on any atom is -0.479 e. The number of hydrogen-bond donors (Lipinski definition) is 3. The molecule has 0 aromatic carbocycles. The molecule has 2 atom stereocenters. The van der Waals surface area contributed by atoms with Crippen molar-refractivity contribution in [3.63, 3.8) is 0 Å². The summed E-state index contributed by atoms with van der Waals surface area (Å²) in [5.41, 5.74) is 0. The highest BCUT2D eigenvalue weighted by Crippen LogP contribution is 1.95. The summed E-state index contributed by atoms with van der Waals surface area (Å²) in [5.74, 6) is -2.86. The summed E-state index contributed by atoms with van der Waals surface area (Å²) in [7, 11) is 0. The zero-order valence-corrected chi connectivity index (χ0v) is 6.48. The van der Waals surface area contributed by atoms with Crippen molar-refractivity contribution in [3.8, 4) is 0 Å². The molecule has 0 saturated heterocycles. The van der Waals surface area contributed by atoms with E-state index in [1.54, 1.807) is 0 Å². The minimum atomic E-state index is -2.78. The number of aliphatic hydroxyl groups excluding tert-OH is 1. The SMILES string of the molecule is O=C(CC(O)C(=O)O)OS(=O)O. The second-order valence-electron chi connectivity index (χ2n) is 1.73. The van der Waals surface area contributed by atoms with E-state index in [0.29, 0.717) is 0 Å². The van der Waals surface area contributed by atoms with Crippen LogP contribution in [0.1, 0.15) is 6.42 Å². The van der Waals surface area contributed by atoms with Crippen molar-refractivity contribution in [2.24, 2.45) is 0 Å². The Kier molecular flexibility index (Phi) is 4.40. The maximum Gasteiger partial charge on any atom is 0.360 e. The molecule has 7 nitrogen and oxygen atoms in total. The predicted molar refractivity (Wildman–Crippen MR) is 35.1 cm³/mol. The maximum atomic E-state index is 10.4. The number of carboxylic acid groups (broad SMARTS) is 1. The molecule has 3 N–H and O–H groups in total. The van der Waals surface area contributed by atoms with E-state index in [9.17, 15) is 13.8 Å². The van der Waals surface area contributed by atoms with Gasteiger partial charge in [0.15, 0.2) is 6.10 Å². The first-order valence-corrected chi connectivity index (χ1v) is 3.69. The van der Waals surface area contributed by atoms with Crippen molar-refractivity contribution >= 4 is 23.3 Å². The number of aliphatic hydroxyl groups is 1. The molecule has 0 spiro atoms. The molecule has 0 saturated carbocycles. The molecule has 0 aromatic heterocycles. The third-order valence-corrected chi connectivity index (χ3v) is 1.14. The molecule has 70 valence electrons. The Morgan fingerprint density at radius 2 is 2.00 bits per heavy atom. The fourth-order valence-corrected chi connectivity index (χ4v) is 0.586. The Bertz CT molecular complexity index is 211. The smallest absolute Gasteiger partial charge is 0.360 e. The van der Waals surface area contributed by atoms with Crippen molar-refractivity contribution in [2.75, 3.05) is 0 Å². The minimum absolute atomic E-state index is 0.859.